The second-order valence-electron chi connectivity index (χ2n) is 4.69. The van der Waals surface area contributed by atoms with Gasteiger partial charge >= 0.3 is 0 Å². The highest BCUT2D eigenvalue weighted by atomic mass is 15.1. The molecule has 1 atom stereocenters. The number of benzene rings is 1. The average Bonchev–Trinajstić information content (AvgIpc) is 2.36. The molecule has 1 rings (SSSR count). The summed E-state index contributed by atoms with van der Waals surface area (Å²) in [6.07, 6.45) is 1.12. The minimum Gasteiger partial charge on any atom is -0.315 e. The Morgan fingerprint density at radius 3 is 2.41 bits per heavy atom. The van der Waals surface area contributed by atoms with Crippen molar-refractivity contribution in [3.8, 4) is 0 Å². The number of aryl methyl sites for hydroxylation is 1. The second-order valence-corrected chi connectivity index (χ2v) is 4.69. The van der Waals surface area contributed by atoms with E-state index in [9.17, 15) is 0 Å². The quantitative estimate of drug-likeness (QED) is 0.780. The predicted octanol–water partition coefficient (Wildman–Crippen LogP) is 2.68. The van der Waals surface area contributed by atoms with Crippen molar-refractivity contribution in [3.63, 3.8) is 0 Å². The number of hydrogen-bond acceptors (Lipinski definition) is 2. The lowest BCUT2D eigenvalue weighted by atomic mass is 10.0. The van der Waals surface area contributed by atoms with E-state index >= 15 is 0 Å². The molecule has 0 aliphatic rings. The van der Waals surface area contributed by atoms with Gasteiger partial charge in [-0.2, -0.15) is 0 Å². The van der Waals surface area contributed by atoms with Crippen LogP contribution in [-0.2, 0) is 13.0 Å². The van der Waals surface area contributed by atoms with Crippen molar-refractivity contribution >= 4 is 0 Å². The van der Waals surface area contributed by atoms with Gasteiger partial charge in [-0.3, -0.25) is 4.90 Å². The molecule has 0 fully saturated rings. The molecule has 1 aromatic rings. The van der Waals surface area contributed by atoms with E-state index in [1.54, 1.807) is 0 Å². The van der Waals surface area contributed by atoms with Gasteiger partial charge < -0.3 is 5.32 Å². The average molecular weight is 234 g/mol. The maximum absolute atomic E-state index is 3.40. The summed E-state index contributed by atoms with van der Waals surface area (Å²) < 4.78 is 0. The van der Waals surface area contributed by atoms with E-state index in [1.807, 2.05) is 0 Å². The molecule has 1 N–H and O–H groups in total. The molecule has 0 saturated carbocycles. The van der Waals surface area contributed by atoms with Crippen molar-refractivity contribution in [1.29, 1.82) is 0 Å². The Morgan fingerprint density at radius 2 is 1.82 bits per heavy atom. The van der Waals surface area contributed by atoms with Gasteiger partial charge in [0, 0.05) is 19.1 Å². The van der Waals surface area contributed by atoms with Gasteiger partial charge in [0.2, 0.25) is 0 Å². The van der Waals surface area contributed by atoms with Crippen LogP contribution in [0.15, 0.2) is 24.3 Å². The smallest absolute Gasteiger partial charge is 0.0236 e. The summed E-state index contributed by atoms with van der Waals surface area (Å²) in [6, 6.07) is 9.31. The van der Waals surface area contributed by atoms with Gasteiger partial charge in [-0.05, 0) is 38.1 Å². The molecule has 0 heterocycles. The van der Waals surface area contributed by atoms with E-state index in [1.165, 1.54) is 11.1 Å². The fourth-order valence-electron chi connectivity index (χ4n) is 1.99. The van der Waals surface area contributed by atoms with Crippen LogP contribution >= 0.6 is 0 Å². The van der Waals surface area contributed by atoms with Crippen LogP contribution in [0.3, 0.4) is 0 Å². The maximum Gasteiger partial charge on any atom is 0.0236 e. The first-order valence-electron chi connectivity index (χ1n) is 6.66. The normalized spacial score (nSPS) is 13.0. The lowest BCUT2D eigenvalue weighted by Gasteiger charge is -2.25. The summed E-state index contributed by atoms with van der Waals surface area (Å²) in [4.78, 5) is 2.41. The topological polar surface area (TPSA) is 15.3 Å². The van der Waals surface area contributed by atoms with Crippen molar-refractivity contribution in [2.45, 2.75) is 39.8 Å². The Kier molecular flexibility index (Phi) is 6.23. The summed E-state index contributed by atoms with van der Waals surface area (Å²) >= 11 is 0. The lowest BCUT2D eigenvalue weighted by molar-refractivity contribution is 0.243. The van der Waals surface area contributed by atoms with Crippen LogP contribution in [0.1, 0.15) is 31.9 Å². The van der Waals surface area contributed by atoms with Crippen molar-refractivity contribution in [2.24, 2.45) is 0 Å². The molecular formula is C15H26N2. The van der Waals surface area contributed by atoms with Crippen LogP contribution in [0.25, 0.3) is 0 Å². The monoisotopic (exact) mass is 234 g/mol. The first-order valence-corrected chi connectivity index (χ1v) is 6.66. The molecule has 96 valence electrons. The van der Waals surface area contributed by atoms with E-state index in [2.05, 4.69) is 62.3 Å². The van der Waals surface area contributed by atoms with Gasteiger partial charge in [0.15, 0.2) is 0 Å². The number of hydrogen-bond donors (Lipinski definition) is 1. The molecular weight excluding hydrogens is 208 g/mol. The molecule has 2 nitrogen and oxygen atoms in total. The zero-order chi connectivity index (χ0) is 12.7. The first kappa shape index (κ1) is 14.2. The summed E-state index contributed by atoms with van der Waals surface area (Å²) in [5, 5.41) is 3.40. The first-order chi connectivity index (χ1) is 8.19. The molecule has 0 saturated heterocycles. The zero-order valence-electron chi connectivity index (χ0n) is 11.7. The summed E-state index contributed by atoms with van der Waals surface area (Å²) in [5.74, 6) is 0. The third-order valence-corrected chi connectivity index (χ3v) is 3.36. The molecule has 17 heavy (non-hydrogen) atoms. The van der Waals surface area contributed by atoms with Gasteiger partial charge in [0.1, 0.15) is 0 Å². The fraction of sp³-hybridized carbons (Fsp3) is 0.600. The van der Waals surface area contributed by atoms with E-state index in [-0.39, 0.29) is 0 Å². The number of nitrogens with zero attached hydrogens (tertiary/aromatic N) is 1. The summed E-state index contributed by atoms with van der Waals surface area (Å²) in [6.45, 7) is 9.79. The second kappa shape index (κ2) is 7.46. The van der Waals surface area contributed by atoms with Crippen molar-refractivity contribution in [2.75, 3.05) is 20.1 Å². The Labute approximate surface area is 106 Å². The zero-order valence-corrected chi connectivity index (χ0v) is 11.7. The lowest BCUT2D eigenvalue weighted by Crippen LogP contribution is -2.37. The standard InChI is InChI=1S/C15H26N2/c1-5-14-9-7-8-10-15(14)12-17(4)13(3)11-16-6-2/h7-10,13,16H,5-6,11-12H2,1-4H3. The number of rotatable bonds is 7. The Hall–Kier alpha value is -0.860. The maximum atomic E-state index is 3.40. The molecule has 1 aromatic carbocycles. The van der Waals surface area contributed by atoms with Crippen LogP contribution in [0.5, 0.6) is 0 Å². The predicted molar refractivity (Wildman–Crippen MR) is 75.3 cm³/mol. The van der Waals surface area contributed by atoms with Gasteiger partial charge in [-0.1, -0.05) is 38.1 Å². The molecule has 0 aromatic heterocycles. The minimum absolute atomic E-state index is 0.569. The van der Waals surface area contributed by atoms with Crippen molar-refractivity contribution in [1.82, 2.24) is 10.2 Å². The van der Waals surface area contributed by atoms with Gasteiger partial charge in [0.25, 0.3) is 0 Å². The minimum atomic E-state index is 0.569. The molecule has 2 heteroatoms. The van der Waals surface area contributed by atoms with E-state index in [4.69, 9.17) is 0 Å². The highest BCUT2D eigenvalue weighted by molar-refractivity contribution is 5.26. The molecule has 0 amide bonds. The fourth-order valence-corrected chi connectivity index (χ4v) is 1.99. The number of likely N-dealkylation sites (N-methyl/N-ethyl adjacent to an activating group) is 2. The van der Waals surface area contributed by atoms with Gasteiger partial charge in [0.05, 0.1) is 0 Å². The highest BCUT2D eigenvalue weighted by Gasteiger charge is 2.10. The summed E-state index contributed by atoms with van der Waals surface area (Å²) in [7, 11) is 2.20. The van der Waals surface area contributed by atoms with Crippen LogP contribution < -0.4 is 5.32 Å². The molecule has 0 spiro atoms. The van der Waals surface area contributed by atoms with Crippen LogP contribution in [0, 0.1) is 0 Å². The van der Waals surface area contributed by atoms with Gasteiger partial charge in [-0.15, -0.1) is 0 Å². The van der Waals surface area contributed by atoms with Crippen LogP contribution in [-0.4, -0.2) is 31.1 Å². The van der Waals surface area contributed by atoms with E-state index in [0.29, 0.717) is 6.04 Å². The summed E-state index contributed by atoms with van der Waals surface area (Å²) in [5.41, 5.74) is 2.93. The molecule has 0 aliphatic carbocycles. The number of nitrogens with one attached hydrogen (secondary N) is 1. The van der Waals surface area contributed by atoms with Crippen LogP contribution in [0.4, 0.5) is 0 Å². The highest BCUT2D eigenvalue weighted by Crippen LogP contribution is 2.12. The Bertz CT molecular complexity index is 322. The van der Waals surface area contributed by atoms with Gasteiger partial charge in [-0.25, -0.2) is 0 Å². The third kappa shape index (κ3) is 4.49. The van der Waals surface area contributed by atoms with Crippen LogP contribution in [0.2, 0.25) is 0 Å². The Morgan fingerprint density at radius 1 is 1.18 bits per heavy atom. The molecule has 0 radical (unpaired) electrons. The Balaban J connectivity index is 2.57. The largest absolute Gasteiger partial charge is 0.315 e. The van der Waals surface area contributed by atoms with Crippen molar-refractivity contribution < 1.29 is 0 Å². The van der Waals surface area contributed by atoms with E-state index < -0.39 is 0 Å². The third-order valence-electron chi connectivity index (χ3n) is 3.36. The molecule has 0 bridgehead atoms. The van der Waals surface area contributed by atoms with Crippen molar-refractivity contribution in [3.05, 3.63) is 35.4 Å². The molecule has 0 aliphatic heterocycles. The SMILES string of the molecule is CCNCC(C)N(C)Cc1ccccc1CC. The molecule has 1 unspecified atom stereocenters. The van der Waals surface area contributed by atoms with E-state index in [0.717, 1.165) is 26.1 Å².